The Labute approximate surface area is 155 Å². The Balaban J connectivity index is 2.47. The van der Waals surface area contributed by atoms with Gasteiger partial charge in [-0.05, 0) is 12.5 Å². The molecule has 0 fully saturated rings. The number of primary amides is 1. The molecule has 140 valence electrons. The average Bonchev–Trinajstić information content (AvgIpc) is 3.01. The lowest BCUT2D eigenvalue weighted by molar-refractivity contribution is 0.0997. The minimum Gasteiger partial charge on any atom is -0.496 e. The van der Waals surface area contributed by atoms with Crippen LogP contribution in [-0.4, -0.2) is 34.0 Å². The fraction of sp³-hybridized carbons (Fsp3) is 0.211. The van der Waals surface area contributed by atoms with Crippen molar-refractivity contribution in [2.24, 2.45) is 12.8 Å². The number of nitrogens with zero attached hydrogens (tertiary/aromatic N) is 3. The van der Waals surface area contributed by atoms with Crippen molar-refractivity contribution in [3.8, 4) is 28.6 Å². The standard InChI is InChI=1S/C19H20N4O4/c1-4-27-19-13(11-22(2)21-19)23-15(24)10-14(26-3)16(18(20)25)17(23)12-8-6-5-7-9-12/h5-11H,4H2,1-3H3,(H2,20,25). The largest absolute Gasteiger partial charge is 0.496 e. The Kier molecular flexibility index (Phi) is 4.98. The number of amides is 1. The van der Waals surface area contributed by atoms with E-state index in [0.29, 0.717) is 23.6 Å². The van der Waals surface area contributed by atoms with Gasteiger partial charge in [-0.1, -0.05) is 30.3 Å². The molecule has 1 aromatic carbocycles. The molecule has 0 radical (unpaired) electrons. The van der Waals surface area contributed by atoms with E-state index in [4.69, 9.17) is 15.2 Å². The Bertz CT molecular complexity index is 1040. The van der Waals surface area contributed by atoms with E-state index in [9.17, 15) is 9.59 Å². The van der Waals surface area contributed by atoms with Gasteiger partial charge in [0.1, 0.15) is 17.0 Å². The van der Waals surface area contributed by atoms with Crippen LogP contribution in [-0.2, 0) is 7.05 Å². The third-order valence-electron chi connectivity index (χ3n) is 3.99. The van der Waals surface area contributed by atoms with Gasteiger partial charge in [-0.2, -0.15) is 0 Å². The van der Waals surface area contributed by atoms with Crippen LogP contribution in [0.4, 0.5) is 0 Å². The Morgan fingerprint density at radius 1 is 1.26 bits per heavy atom. The zero-order valence-corrected chi connectivity index (χ0v) is 15.3. The number of aryl methyl sites for hydroxylation is 1. The summed E-state index contributed by atoms with van der Waals surface area (Å²) in [5, 5.41) is 4.26. The van der Waals surface area contributed by atoms with Crippen molar-refractivity contribution in [3.05, 3.63) is 58.5 Å². The van der Waals surface area contributed by atoms with Gasteiger partial charge < -0.3 is 15.2 Å². The molecule has 3 aromatic rings. The third-order valence-corrected chi connectivity index (χ3v) is 3.99. The molecule has 0 unspecified atom stereocenters. The molecule has 3 rings (SSSR count). The van der Waals surface area contributed by atoms with E-state index in [0.717, 1.165) is 0 Å². The predicted molar refractivity (Wildman–Crippen MR) is 100 cm³/mol. The number of benzene rings is 1. The van der Waals surface area contributed by atoms with E-state index in [1.807, 2.05) is 13.0 Å². The zero-order chi connectivity index (χ0) is 19.6. The molecule has 27 heavy (non-hydrogen) atoms. The van der Waals surface area contributed by atoms with E-state index in [1.165, 1.54) is 22.4 Å². The van der Waals surface area contributed by atoms with E-state index in [2.05, 4.69) is 5.10 Å². The highest BCUT2D eigenvalue weighted by Crippen LogP contribution is 2.33. The number of pyridine rings is 1. The summed E-state index contributed by atoms with van der Waals surface area (Å²) < 4.78 is 13.7. The maximum atomic E-state index is 13.0. The molecule has 2 heterocycles. The Morgan fingerprint density at radius 2 is 1.96 bits per heavy atom. The molecule has 0 aliphatic heterocycles. The van der Waals surface area contributed by atoms with Crippen LogP contribution in [0, 0.1) is 0 Å². The van der Waals surface area contributed by atoms with Crippen molar-refractivity contribution in [2.45, 2.75) is 6.92 Å². The van der Waals surface area contributed by atoms with Gasteiger partial charge in [-0.3, -0.25) is 18.8 Å². The number of hydrogen-bond acceptors (Lipinski definition) is 5. The van der Waals surface area contributed by atoms with Crippen LogP contribution >= 0.6 is 0 Å². The van der Waals surface area contributed by atoms with Gasteiger partial charge in [0.15, 0.2) is 0 Å². The normalized spacial score (nSPS) is 10.6. The lowest BCUT2D eigenvalue weighted by Crippen LogP contribution is -2.25. The molecule has 0 aliphatic rings. The quantitative estimate of drug-likeness (QED) is 0.714. The van der Waals surface area contributed by atoms with Crippen LogP contribution in [0.2, 0.25) is 0 Å². The second-order valence-electron chi connectivity index (χ2n) is 5.77. The SMILES string of the molecule is CCOc1nn(C)cc1-n1c(-c2ccccc2)c(C(N)=O)c(OC)cc1=O. The van der Waals surface area contributed by atoms with Gasteiger partial charge in [-0.15, -0.1) is 5.10 Å². The average molecular weight is 368 g/mol. The highest BCUT2D eigenvalue weighted by molar-refractivity contribution is 6.02. The van der Waals surface area contributed by atoms with Crippen molar-refractivity contribution in [2.75, 3.05) is 13.7 Å². The molecule has 0 saturated carbocycles. The summed E-state index contributed by atoms with van der Waals surface area (Å²) in [6, 6.07) is 10.3. The van der Waals surface area contributed by atoms with E-state index in [-0.39, 0.29) is 17.2 Å². The number of methoxy groups -OCH3 is 1. The molecule has 0 saturated heterocycles. The molecule has 2 N–H and O–H groups in total. The van der Waals surface area contributed by atoms with Crippen LogP contribution in [0.5, 0.6) is 11.6 Å². The number of carbonyl (C=O) groups is 1. The number of ether oxygens (including phenoxy) is 2. The molecule has 8 heteroatoms. The van der Waals surface area contributed by atoms with Crippen LogP contribution in [0.1, 0.15) is 17.3 Å². The molecule has 0 spiro atoms. The van der Waals surface area contributed by atoms with Crippen molar-refractivity contribution in [1.82, 2.24) is 14.3 Å². The second kappa shape index (κ2) is 7.36. The van der Waals surface area contributed by atoms with Gasteiger partial charge in [0.05, 0.1) is 25.6 Å². The zero-order valence-electron chi connectivity index (χ0n) is 15.3. The first-order valence-corrected chi connectivity index (χ1v) is 8.34. The van der Waals surface area contributed by atoms with E-state index in [1.54, 1.807) is 37.5 Å². The van der Waals surface area contributed by atoms with Crippen molar-refractivity contribution in [1.29, 1.82) is 0 Å². The molecule has 0 bridgehead atoms. The first kappa shape index (κ1) is 18.2. The summed E-state index contributed by atoms with van der Waals surface area (Å²) in [7, 11) is 3.10. The van der Waals surface area contributed by atoms with Gasteiger partial charge in [-0.25, -0.2) is 0 Å². The van der Waals surface area contributed by atoms with E-state index < -0.39 is 11.5 Å². The third kappa shape index (κ3) is 3.29. The molecule has 0 atom stereocenters. The number of rotatable bonds is 6. The van der Waals surface area contributed by atoms with Gasteiger partial charge in [0.25, 0.3) is 17.3 Å². The molecule has 8 nitrogen and oxygen atoms in total. The topological polar surface area (TPSA) is 101 Å². The van der Waals surface area contributed by atoms with Gasteiger partial charge in [0.2, 0.25) is 0 Å². The maximum Gasteiger partial charge on any atom is 0.259 e. The number of carbonyl (C=O) groups excluding carboxylic acids is 1. The lowest BCUT2D eigenvalue weighted by atomic mass is 10.0. The summed E-state index contributed by atoms with van der Waals surface area (Å²) >= 11 is 0. The fourth-order valence-corrected chi connectivity index (χ4v) is 2.94. The smallest absolute Gasteiger partial charge is 0.259 e. The summed E-state index contributed by atoms with van der Waals surface area (Å²) in [5.74, 6) is -0.314. The van der Waals surface area contributed by atoms with Gasteiger partial charge in [0, 0.05) is 13.1 Å². The van der Waals surface area contributed by atoms with Crippen molar-refractivity contribution >= 4 is 5.91 Å². The second-order valence-corrected chi connectivity index (χ2v) is 5.77. The molecule has 2 aromatic heterocycles. The minimum absolute atomic E-state index is 0.106. The first-order chi connectivity index (χ1) is 13.0. The highest BCUT2D eigenvalue weighted by atomic mass is 16.5. The number of nitrogens with two attached hydrogens (primary N) is 1. The van der Waals surface area contributed by atoms with Gasteiger partial charge >= 0.3 is 0 Å². The molecular weight excluding hydrogens is 348 g/mol. The molecule has 1 amide bonds. The maximum absolute atomic E-state index is 13.0. The van der Waals surface area contributed by atoms with Crippen LogP contribution in [0.15, 0.2) is 47.4 Å². The van der Waals surface area contributed by atoms with E-state index >= 15 is 0 Å². The highest BCUT2D eigenvalue weighted by Gasteiger charge is 2.25. The fourth-order valence-electron chi connectivity index (χ4n) is 2.94. The summed E-state index contributed by atoms with van der Waals surface area (Å²) in [6.45, 7) is 2.19. The Hall–Kier alpha value is -3.55. The summed E-state index contributed by atoms with van der Waals surface area (Å²) in [6.07, 6.45) is 1.65. The molecule has 0 aliphatic carbocycles. The summed E-state index contributed by atoms with van der Waals surface area (Å²) in [4.78, 5) is 25.2. The van der Waals surface area contributed by atoms with Crippen LogP contribution in [0.3, 0.4) is 0 Å². The number of hydrogen-bond donors (Lipinski definition) is 1. The number of aromatic nitrogens is 3. The molecular formula is C19H20N4O4. The van der Waals surface area contributed by atoms with Crippen molar-refractivity contribution in [3.63, 3.8) is 0 Å². The van der Waals surface area contributed by atoms with Crippen molar-refractivity contribution < 1.29 is 14.3 Å². The Morgan fingerprint density at radius 3 is 2.56 bits per heavy atom. The lowest BCUT2D eigenvalue weighted by Gasteiger charge is -2.18. The minimum atomic E-state index is -0.707. The predicted octanol–water partition coefficient (Wildman–Crippen LogP) is 1.74. The summed E-state index contributed by atoms with van der Waals surface area (Å²) in [5.41, 5.74) is 6.71. The van der Waals surface area contributed by atoms with Crippen LogP contribution < -0.4 is 20.8 Å². The first-order valence-electron chi connectivity index (χ1n) is 8.34. The monoisotopic (exact) mass is 368 g/mol. The van der Waals surface area contributed by atoms with Crippen LogP contribution in [0.25, 0.3) is 16.9 Å².